The molecule has 1 aliphatic heterocycles. The molecule has 6 heteroatoms. The molecule has 1 aromatic carbocycles. The van der Waals surface area contributed by atoms with Crippen LogP contribution in [0.4, 0.5) is 0 Å². The van der Waals surface area contributed by atoms with E-state index in [1.165, 1.54) is 11.1 Å². The highest BCUT2D eigenvalue weighted by Gasteiger charge is 2.19. The number of nitrogens with one attached hydrogen (secondary N) is 1. The topological polar surface area (TPSA) is 48.7 Å². The van der Waals surface area contributed by atoms with Crippen molar-refractivity contribution in [3.8, 4) is 0 Å². The first kappa shape index (κ1) is 17.5. The van der Waals surface area contributed by atoms with Crippen LogP contribution >= 0.6 is 0 Å². The molecule has 0 atom stereocenters. The van der Waals surface area contributed by atoms with E-state index in [0.29, 0.717) is 0 Å². The Bertz CT molecular complexity index is 670. The second kappa shape index (κ2) is 8.67. The Morgan fingerprint density at radius 2 is 1.88 bits per heavy atom. The van der Waals surface area contributed by atoms with Crippen molar-refractivity contribution in [3.05, 3.63) is 53.9 Å². The van der Waals surface area contributed by atoms with Crippen LogP contribution in [0, 0.1) is 0 Å². The zero-order valence-corrected chi connectivity index (χ0v) is 15.2. The number of piperazine rings is 1. The van der Waals surface area contributed by atoms with Crippen molar-refractivity contribution in [3.63, 3.8) is 0 Å². The fourth-order valence-corrected chi connectivity index (χ4v) is 3.21. The number of guanidine groups is 1. The number of aromatic nitrogens is 2. The van der Waals surface area contributed by atoms with Gasteiger partial charge in [-0.25, -0.2) is 0 Å². The second-order valence-corrected chi connectivity index (χ2v) is 6.50. The summed E-state index contributed by atoms with van der Waals surface area (Å²) in [6, 6.07) is 10.7. The average Bonchev–Trinajstić information content (AvgIpc) is 3.06. The van der Waals surface area contributed by atoms with E-state index in [-0.39, 0.29) is 0 Å². The first-order chi connectivity index (χ1) is 12.2. The normalized spacial score (nSPS) is 16.2. The number of aryl methyl sites for hydroxylation is 1. The lowest BCUT2D eigenvalue weighted by Gasteiger charge is -2.36. The Kier molecular flexibility index (Phi) is 6.06. The lowest BCUT2D eigenvalue weighted by Crippen LogP contribution is -2.52. The zero-order valence-electron chi connectivity index (χ0n) is 15.2. The molecule has 3 rings (SSSR count). The molecule has 1 aliphatic rings. The smallest absolute Gasteiger partial charge is 0.193 e. The second-order valence-electron chi connectivity index (χ2n) is 6.50. The molecular weight excluding hydrogens is 312 g/mol. The van der Waals surface area contributed by atoms with Crippen molar-refractivity contribution >= 4 is 5.96 Å². The minimum atomic E-state index is 0.878. The Hall–Kier alpha value is -2.34. The van der Waals surface area contributed by atoms with Crippen LogP contribution in [-0.2, 0) is 20.0 Å². The monoisotopic (exact) mass is 340 g/mol. The zero-order chi connectivity index (χ0) is 17.5. The molecule has 0 aliphatic carbocycles. The summed E-state index contributed by atoms with van der Waals surface area (Å²) in [7, 11) is 3.81. The van der Waals surface area contributed by atoms with Crippen LogP contribution in [-0.4, -0.2) is 65.3 Å². The summed E-state index contributed by atoms with van der Waals surface area (Å²) < 4.78 is 1.84. The van der Waals surface area contributed by atoms with Gasteiger partial charge in [-0.15, -0.1) is 0 Å². The number of nitrogens with zero attached hydrogens (tertiary/aromatic N) is 5. The van der Waals surface area contributed by atoms with Gasteiger partial charge in [-0.3, -0.25) is 14.6 Å². The summed E-state index contributed by atoms with van der Waals surface area (Å²) in [5.41, 5.74) is 2.63. The first-order valence-corrected chi connectivity index (χ1v) is 8.94. The van der Waals surface area contributed by atoms with Crippen LogP contribution in [0.5, 0.6) is 0 Å². The molecule has 1 saturated heterocycles. The van der Waals surface area contributed by atoms with Crippen molar-refractivity contribution in [2.45, 2.75) is 13.0 Å². The van der Waals surface area contributed by atoms with Gasteiger partial charge >= 0.3 is 0 Å². The quantitative estimate of drug-likeness (QED) is 0.659. The Balaban J connectivity index is 1.42. The van der Waals surface area contributed by atoms with E-state index >= 15 is 0 Å². The maximum atomic E-state index is 4.45. The van der Waals surface area contributed by atoms with Gasteiger partial charge in [0, 0.05) is 59.6 Å². The average molecular weight is 340 g/mol. The van der Waals surface area contributed by atoms with Crippen LogP contribution in [0.25, 0.3) is 0 Å². The molecule has 0 unspecified atom stereocenters. The van der Waals surface area contributed by atoms with Gasteiger partial charge in [-0.05, 0) is 17.5 Å². The van der Waals surface area contributed by atoms with Gasteiger partial charge in [0.15, 0.2) is 5.96 Å². The maximum absolute atomic E-state index is 4.45. The van der Waals surface area contributed by atoms with Crippen molar-refractivity contribution in [1.82, 2.24) is 24.9 Å². The first-order valence-electron chi connectivity index (χ1n) is 8.94. The van der Waals surface area contributed by atoms with Crippen LogP contribution in [0.15, 0.2) is 47.7 Å². The van der Waals surface area contributed by atoms with Crippen LogP contribution < -0.4 is 5.32 Å². The van der Waals surface area contributed by atoms with E-state index < -0.39 is 0 Å². The molecule has 6 nitrogen and oxygen atoms in total. The van der Waals surface area contributed by atoms with Crippen LogP contribution in [0.3, 0.4) is 0 Å². The van der Waals surface area contributed by atoms with Gasteiger partial charge in [0.25, 0.3) is 0 Å². The molecule has 0 saturated carbocycles. The number of benzene rings is 1. The molecule has 0 radical (unpaired) electrons. The Labute approximate surface area is 150 Å². The molecular formula is C19H28N6. The highest BCUT2D eigenvalue weighted by Crippen LogP contribution is 2.08. The largest absolute Gasteiger partial charge is 0.356 e. The molecule has 25 heavy (non-hydrogen) atoms. The van der Waals surface area contributed by atoms with Gasteiger partial charge in [0.2, 0.25) is 0 Å². The summed E-state index contributed by atoms with van der Waals surface area (Å²) in [4.78, 5) is 9.31. The molecule has 0 spiro atoms. The Morgan fingerprint density at radius 1 is 1.12 bits per heavy atom. The van der Waals surface area contributed by atoms with E-state index in [0.717, 1.165) is 51.6 Å². The molecule has 0 amide bonds. The molecule has 2 aromatic rings. The predicted octanol–water partition coefficient (Wildman–Crippen LogP) is 1.36. The van der Waals surface area contributed by atoms with Crippen molar-refractivity contribution in [2.24, 2.45) is 12.0 Å². The number of rotatable bonds is 5. The van der Waals surface area contributed by atoms with E-state index in [1.807, 2.05) is 25.0 Å². The van der Waals surface area contributed by atoms with Crippen molar-refractivity contribution in [1.29, 1.82) is 0 Å². The SMILES string of the molecule is CN=C(NCCc1cnn(C)c1)N1CCN(Cc2ccccc2)CC1. The molecule has 134 valence electrons. The highest BCUT2D eigenvalue weighted by molar-refractivity contribution is 5.80. The van der Waals surface area contributed by atoms with Crippen LogP contribution in [0.1, 0.15) is 11.1 Å². The lowest BCUT2D eigenvalue weighted by atomic mass is 10.2. The van der Waals surface area contributed by atoms with Gasteiger partial charge < -0.3 is 10.2 Å². The fourth-order valence-electron chi connectivity index (χ4n) is 3.21. The molecule has 0 bridgehead atoms. The van der Waals surface area contributed by atoms with Gasteiger partial charge in [-0.2, -0.15) is 5.10 Å². The number of aliphatic imine (C=N–C) groups is 1. The van der Waals surface area contributed by atoms with E-state index in [9.17, 15) is 0 Å². The predicted molar refractivity (Wildman–Crippen MR) is 102 cm³/mol. The highest BCUT2D eigenvalue weighted by atomic mass is 15.3. The Morgan fingerprint density at radius 3 is 2.52 bits per heavy atom. The third kappa shape index (κ3) is 5.06. The van der Waals surface area contributed by atoms with E-state index in [4.69, 9.17) is 0 Å². The minimum absolute atomic E-state index is 0.878. The summed E-state index contributed by atoms with van der Waals surface area (Å²) in [5.74, 6) is 1.00. The van der Waals surface area contributed by atoms with Gasteiger partial charge in [-0.1, -0.05) is 30.3 Å². The molecule has 2 heterocycles. The molecule has 1 N–H and O–H groups in total. The standard InChI is InChI=1S/C19H28N6/c1-20-19(21-9-8-18-14-22-23(2)15-18)25-12-10-24(11-13-25)16-17-6-4-3-5-7-17/h3-7,14-15H,8-13,16H2,1-2H3,(H,20,21). The third-order valence-electron chi connectivity index (χ3n) is 4.59. The summed E-state index contributed by atoms with van der Waals surface area (Å²) in [6.07, 6.45) is 4.94. The number of hydrogen-bond acceptors (Lipinski definition) is 3. The summed E-state index contributed by atoms with van der Waals surface area (Å²) >= 11 is 0. The molecule has 1 aromatic heterocycles. The third-order valence-corrected chi connectivity index (χ3v) is 4.59. The van der Waals surface area contributed by atoms with Crippen molar-refractivity contribution < 1.29 is 0 Å². The van der Waals surface area contributed by atoms with Crippen LogP contribution in [0.2, 0.25) is 0 Å². The minimum Gasteiger partial charge on any atom is -0.356 e. The van der Waals surface area contributed by atoms with E-state index in [1.54, 1.807) is 0 Å². The fraction of sp³-hybridized carbons (Fsp3) is 0.474. The van der Waals surface area contributed by atoms with Gasteiger partial charge in [0.05, 0.1) is 6.20 Å². The maximum Gasteiger partial charge on any atom is 0.193 e. The molecule has 1 fully saturated rings. The van der Waals surface area contributed by atoms with E-state index in [2.05, 4.69) is 61.7 Å². The summed E-state index contributed by atoms with van der Waals surface area (Å²) in [6.45, 7) is 6.07. The van der Waals surface area contributed by atoms with Gasteiger partial charge in [0.1, 0.15) is 0 Å². The van der Waals surface area contributed by atoms with Crippen molar-refractivity contribution in [2.75, 3.05) is 39.8 Å². The number of hydrogen-bond donors (Lipinski definition) is 1. The summed E-state index contributed by atoms with van der Waals surface area (Å²) in [5, 5.41) is 7.69. The lowest BCUT2D eigenvalue weighted by molar-refractivity contribution is 0.172.